The summed E-state index contributed by atoms with van der Waals surface area (Å²) in [5.74, 6) is 0.614. The fourth-order valence-electron chi connectivity index (χ4n) is 1.81. The number of methoxy groups -OCH3 is 1. The van der Waals surface area contributed by atoms with E-state index in [4.69, 9.17) is 10.5 Å². The van der Waals surface area contributed by atoms with Crippen LogP contribution in [0.15, 0.2) is 36.5 Å². The Morgan fingerprint density at radius 2 is 2.00 bits per heavy atom. The number of anilines is 1. The second-order valence-corrected chi connectivity index (χ2v) is 3.91. The molecule has 2 heterocycles. The molecule has 94 valence electrons. The van der Waals surface area contributed by atoms with Gasteiger partial charge in [0, 0.05) is 17.1 Å². The van der Waals surface area contributed by atoms with Crippen LogP contribution < -0.4 is 10.5 Å². The predicted octanol–water partition coefficient (Wildman–Crippen LogP) is 1.68. The van der Waals surface area contributed by atoms with Crippen molar-refractivity contribution < 1.29 is 4.74 Å². The molecule has 0 radical (unpaired) electrons. The average molecular weight is 253 g/mol. The summed E-state index contributed by atoms with van der Waals surface area (Å²) in [6.07, 6.45) is 1.76. The Kier molecular flexibility index (Phi) is 2.68. The van der Waals surface area contributed by atoms with Gasteiger partial charge in [-0.2, -0.15) is 15.0 Å². The first-order valence-corrected chi connectivity index (χ1v) is 5.67. The van der Waals surface area contributed by atoms with Gasteiger partial charge in [-0.05, 0) is 24.3 Å². The van der Waals surface area contributed by atoms with E-state index in [9.17, 15) is 0 Å². The minimum Gasteiger partial charge on any atom is -0.467 e. The van der Waals surface area contributed by atoms with Crippen LogP contribution in [0.2, 0.25) is 0 Å². The second-order valence-electron chi connectivity index (χ2n) is 3.91. The first kappa shape index (κ1) is 11.3. The van der Waals surface area contributed by atoms with E-state index in [0.29, 0.717) is 5.82 Å². The van der Waals surface area contributed by atoms with E-state index in [1.807, 2.05) is 30.3 Å². The highest BCUT2D eigenvalue weighted by molar-refractivity contribution is 5.83. The van der Waals surface area contributed by atoms with Crippen molar-refractivity contribution in [2.24, 2.45) is 0 Å². The average Bonchev–Trinajstić information content (AvgIpc) is 2.46. The van der Waals surface area contributed by atoms with E-state index in [0.717, 1.165) is 16.5 Å². The SMILES string of the molecule is COc1nc(N)nc(-c2ccc3ncccc3c2)n1. The molecule has 0 saturated carbocycles. The van der Waals surface area contributed by atoms with Gasteiger partial charge in [0.1, 0.15) is 0 Å². The summed E-state index contributed by atoms with van der Waals surface area (Å²) in [7, 11) is 1.49. The molecule has 3 rings (SSSR count). The van der Waals surface area contributed by atoms with Crippen LogP contribution in [0.3, 0.4) is 0 Å². The highest BCUT2D eigenvalue weighted by Gasteiger charge is 2.07. The lowest BCUT2D eigenvalue weighted by atomic mass is 10.1. The number of nitrogens with zero attached hydrogens (tertiary/aromatic N) is 4. The largest absolute Gasteiger partial charge is 0.467 e. The van der Waals surface area contributed by atoms with Gasteiger partial charge in [-0.3, -0.25) is 4.98 Å². The summed E-state index contributed by atoms with van der Waals surface area (Å²) >= 11 is 0. The van der Waals surface area contributed by atoms with E-state index in [1.54, 1.807) is 6.20 Å². The van der Waals surface area contributed by atoms with Gasteiger partial charge >= 0.3 is 6.01 Å². The molecule has 0 aliphatic heterocycles. The van der Waals surface area contributed by atoms with Gasteiger partial charge in [-0.1, -0.05) is 6.07 Å². The Morgan fingerprint density at radius 3 is 2.84 bits per heavy atom. The van der Waals surface area contributed by atoms with E-state index < -0.39 is 0 Å². The zero-order valence-electron chi connectivity index (χ0n) is 10.2. The van der Waals surface area contributed by atoms with Crippen LogP contribution in [0.25, 0.3) is 22.3 Å². The van der Waals surface area contributed by atoms with Crippen LogP contribution >= 0.6 is 0 Å². The highest BCUT2D eigenvalue weighted by Crippen LogP contribution is 2.22. The van der Waals surface area contributed by atoms with Crippen molar-refractivity contribution in [3.05, 3.63) is 36.5 Å². The molecule has 2 N–H and O–H groups in total. The third-order valence-electron chi connectivity index (χ3n) is 2.68. The van der Waals surface area contributed by atoms with Gasteiger partial charge in [0.2, 0.25) is 5.95 Å². The number of fused-ring (bicyclic) bond motifs is 1. The first-order valence-electron chi connectivity index (χ1n) is 5.67. The number of aromatic nitrogens is 4. The Hall–Kier alpha value is -2.76. The quantitative estimate of drug-likeness (QED) is 0.747. The van der Waals surface area contributed by atoms with Crippen LogP contribution in [0.4, 0.5) is 5.95 Å². The number of nitrogen functional groups attached to an aromatic ring is 1. The van der Waals surface area contributed by atoms with Crippen molar-refractivity contribution in [1.29, 1.82) is 0 Å². The van der Waals surface area contributed by atoms with Gasteiger partial charge in [0.25, 0.3) is 0 Å². The maximum absolute atomic E-state index is 5.63. The minimum absolute atomic E-state index is 0.133. The maximum atomic E-state index is 5.63. The molecule has 0 aliphatic rings. The molecule has 0 unspecified atom stereocenters. The van der Waals surface area contributed by atoms with Gasteiger partial charge in [-0.15, -0.1) is 0 Å². The summed E-state index contributed by atoms with van der Waals surface area (Å²) in [4.78, 5) is 16.4. The number of benzene rings is 1. The Bertz CT molecular complexity index is 744. The van der Waals surface area contributed by atoms with E-state index >= 15 is 0 Å². The summed E-state index contributed by atoms with van der Waals surface area (Å²) in [6, 6.07) is 9.83. The molecule has 0 atom stereocenters. The molecule has 1 aromatic carbocycles. The van der Waals surface area contributed by atoms with Crippen molar-refractivity contribution in [2.75, 3.05) is 12.8 Å². The zero-order chi connectivity index (χ0) is 13.2. The monoisotopic (exact) mass is 253 g/mol. The van der Waals surface area contributed by atoms with Crippen LogP contribution in [0.1, 0.15) is 0 Å². The molecule has 6 heteroatoms. The summed E-state index contributed by atoms with van der Waals surface area (Å²) in [5, 5.41) is 1.01. The zero-order valence-corrected chi connectivity index (χ0v) is 10.2. The van der Waals surface area contributed by atoms with Crippen molar-refractivity contribution in [2.45, 2.75) is 0 Å². The molecule has 0 saturated heterocycles. The van der Waals surface area contributed by atoms with Crippen molar-refractivity contribution in [1.82, 2.24) is 19.9 Å². The van der Waals surface area contributed by atoms with Gasteiger partial charge in [0.05, 0.1) is 12.6 Å². The maximum Gasteiger partial charge on any atom is 0.321 e. The van der Waals surface area contributed by atoms with Crippen LogP contribution in [-0.4, -0.2) is 27.0 Å². The number of hydrogen-bond acceptors (Lipinski definition) is 6. The molecule has 19 heavy (non-hydrogen) atoms. The highest BCUT2D eigenvalue weighted by atomic mass is 16.5. The third kappa shape index (κ3) is 2.15. The molecule has 3 aromatic rings. The number of ether oxygens (including phenoxy) is 1. The molecular formula is C13H11N5O. The summed E-state index contributed by atoms with van der Waals surface area (Å²) in [6.45, 7) is 0. The minimum atomic E-state index is 0.133. The molecule has 0 fully saturated rings. The van der Waals surface area contributed by atoms with E-state index in [1.165, 1.54) is 7.11 Å². The Balaban J connectivity index is 2.15. The van der Waals surface area contributed by atoms with Gasteiger partial charge in [0.15, 0.2) is 5.82 Å². The Labute approximate surface area is 109 Å². The standard InChI is InChI=1S/C13H11N5O/c1-19-13-17-11(16-12(14)18-13)9-4-5-10-8(7-9)3-2-6-15-10/h2-7H,1H3,(H2,14,16,17,18). The lowest BCUT2D eigenvalue weighted by Gasteiger charge is -2.04. The normalized spacial score (nSPS) is 10.6. The smallest absolute Gasteiger partial charge is 0.321 e. The summed E-state index contributed by atoms with van der Waals surface area (Å²) < 4.78 is 4.99. The fourth-order valence-corrected chi connectivity index (χ4v) is 1.81. The third-order valence-corrected chi connectivity index (χ3v) is 2.68. The van der Waals surface area contributed by atoms with Crippen molar-refractivity contribution in [3.8, 4) is 17.4 Å². The number of pyridine rings is 1. The van der Waals surface area contributed by atoms with Crippen molar-refractivity contribution in [3.63, 3.8) is 0 Å². The molecular weight excluding hydrogens is 242 g/mol. The van der Waals surface area contributed by atoms with Gasteiger partial charge < -0.3 is 10.5 Å². The van der Waals surface area contributed by atoms with E-state index in [-0.39, 0.29) is 12.0 Å². The molecule has 0 aliphatic carbocycles. The van der Waals surface area contributed by atoms with E-state index in [2.05, 4.69) is 19.9 Å². The van der Waals surface area contributed by atoms with Gasteiger partial charge in [-0.25, -0.2) is 0 Å². The first-order chi connectivity index (χ1) is 9.26. The second kappa shape index (κ2) is 4.49. The number of hydrogen-bond donors (Lipinski definition) is 1. The van der Waals surface area contributed by atoms with Crippen LogP contribution in [0, 0.1) is 0 Å². The van der Waals surface area contributed by atoms with Crippen LogP contribution in [0.5, 0.6) is 6.01 Å². The molecule has 0 bridgehead atoms. The molecule has 6 nitrogen and oxygen atoms in total. The molecule has 0 spiro atoms. The fraction of sp³-hybridized carbons (Fsp3) is 0.0769. The molecule has 0 amide bonds. The van der Waals surface area contributed by atoms with Crippen LogP contribution in [-0.2, 0) is 0 Å². The predicted molar refractivity (Wildman–Crippen MR) is 71.5 cm³/mol. The Morgan fingerprint density at radius 1 is 1.11 bits per heavy atom. The lowest BCUT2D eigenvalue weighted by molar-refractivity contribution is 0.379. The molecule has 2 aromatic heterocycles. The van der Waals surface area contributed by atoms with Crippen molar-refractivity contribution >= 4 is 16.9 Å². The number of nitrogens with two attached hydrogens (primary N) is 1. The summed E-state index contributed by atoms with van der Waals surface area (Å²) in [5.41, 5.74) is 7.39. The number of rotatable bonds is 2. The lowest BCUT2D eigenvalue weighted by Crippen LogP contribution is -2.02. The topological polar surface area (TPSA) is 86.8 Å².